The molecule has 0 unspecified atom stereocenters. The van der Waals surface area contributed by atoms with Gasteiger partial charge in [-0.3, -0.25) is 14.4 Å². The number of rotatable bonds is 10. The molecular weight excluding hydrogens is 450 g/mol. The third-order valence-corrected chi connectivity index (χ3v) is 6.22. The van der Waals surface area contributed by atoms with Gasteiger partial charge in [-0.05, 0) is 30.7 Å². The van der Waals surface area contributed by atoms with Gasteiger partial charge in [-0.2, -0.15) is 0 Å². The van der Waals surface area contributed by atoms with Crippen molar-refractivity contribution in [1.82, 2.24) is 15.1 Å². The molecule has 1 N–H and O–H groups in total. The molecule has 0 bridgehead atoms. The van der Waals surface area contributed by atoms with Gasteiger partial charge in [0.15, 0.2) is 0 Å². The summed E-state index contributed by atoms with van der Waals surface area (Å²) in [5.41, 5.74) is 1.33. The fraction of sp³-hybridized carbons (Fsp3) is 0.633. The summed E-state index contributed by atoms with van der Waals surface area (Å²) < 4.78 is 0. The molecule has 1 rings (SSSR count). The van der Waals surface area contributed by atoms with Gasteiger partial charge in [0.25, 0.3) is 0 Å². The van der Waals surface area contributed by atoms with Gasteiger partial charge in [-0.25, -0.2) is 0 Å². The highest BCUT2D eigenvalue weighted by molar-refractivity contribution is 5.92. The Kier molecular flexibility index (Phi) is 14.3. The Hall–Kier alpha value is -2.63. The third-order valence-electron chi connectivity index (χ3n) is 6.22. The van der Waals surface area contributed by atoms with Crippen LogP contribution in [0.5, 0.6) is 0 Å². The second-order valence-corrected chi connectivity index (χ2v) is 11.3. The van der Waals surface area contributed by atoms with E-state index < -0.39 is 0 Å². The van der Waals surface area contributed by atoms with Crippen LogP contribution < -0.4 is 5.32 Å². The molecule has 0 radical (unpaired) electrons. The summed E-state index contributed by atoms with van der Waals surface area (Å²) in [7, 11) is 5.12. The molecule has 1 aromatic carbocycles. The number of benzene rings is 1. The van der Waals surface area contributed by atoms with Gasteiger partial charge >= 0.3 is 0 Å². The maximum Gasteiger partial charge on any atom is 0.248 e. The first-order valence-electron chi connectivity index (χ1n) is 13.1. The van der Waals surface area contributed by atoms with E-state index >= 15 is 0 Å². The lowest BCUT2D eigenvalue weighted by molar-refractivity contribution is -0.135. The molecule has 1 aromatic rings. The molecule has 0 fully saturated rings. The zero-order valence-corrected chi connectivity index (χ0v) is 24.8. The molecule has 0 aliphatic carbocycles. The van der Waals surface area contributed by atoms with Crippen molar-refractivity contribution in [3.63, 3.8) is 0 Å². The first kappa shape index (κ1) is 33.4. The van der Waals surface area contributed by atoms with Crippen LogP contribution >= 0.6 is 0 Å². The molecule has 0 heterocycles. The standard InChI is InChI=1S/C26H41N3O3.C4H10/c1-10-21(26(5,6)20-14-12-11-13-15-20)24(31)27-17-23(30)29(9)22(18(2)3)16-19(4)25(32)28(7)8;1-4(2)3/h11-16,18,21-22H,10,17H2,1-9H3,(H,27,31);4H,1-3H3/b19-16+;/t21-,22-;/m1./s1. The van der Waals surface area contributed by atoms with Crippen LogP contribution in [0.1, 0.15) is 74.3 Å². The predicted molar refractivity (Wildman–Crippen MR) is 151 cm³/mol. The maximum absolute atomic E-state index is 13.0. The normalized spacial score (nSPS) is 13.4. The highest BCUT2D eigenvalue weighted by Gasteiger charge is 2.35. The lowest BCUT2D eigenvalue weighted by atomic mass is 9.71. The van der Waals surface area contributed by atoms with E-state index in [0.717, 1.165) is 11.5 Å². The Bertz CT molecular complexity index is 855. The van der Waals surface area contributed by atoms with Crippen molar-refractivity contribution in [3.05, 3.63) is 47.5 Å². The van der Waals surface area contributed by atoms with E-state index in [-0.39, 0.29) is 47.6 Å². The molecule has 2 atom stereocenters. The molecule has 0 saturated carbocycles. The van der Waals surface area contributed by atoms with Crippen molar-refractivity contribution in [2.75, 3.05) is 27.7 Å². The Morgan fingerprint density at radius 3 is 1.89 bits per heavy atom. The van der Waals surface area contributed by atoms with Gasteiger partial charge in [-0.15, -0.1) is 0 Å². The lowest BCUT2D eigenvalue weighted by Crippen LogP contribution is -2.48. The average molecular weight is 502 g/mol. The van der Waals surface area contributed by atoms with E-state index in [4.69, 9.17) is 0 Å². The molecule has 0 spiro atoms. The van der Waals surface area contributed by atoms with E-state index in [0.29, 0.717) is 12.0 Å². The van der Waals surface area contributed by atoms with Crippen molar-refractivity contribution in [1.29, 1.82) is 0 Å². The Morgan fingerprint density at radius 2 is 1.47 bits per heavy atom. The van der Waals surface area contributed by atoms with Crippen molar-refractivity contribution >= 4 is 17.7 Å². The van der Waals surface area contributed by atoms with Crippen LogP contribution in [0.2, 0.25) is 0 Å². The van der Waals surface area contributed by atoms with Gasteiger partial charge < -0.3 is 15.1 Å². The van der Waals surface area contributed by atoms with Crippen LogP contribution in [0.15, 0.2) is 42.0 Å². The molecule has 3 amide bonds. The van der Waals surface area contributed by atoms with Crippen LogP contribution in [0, 0.1) is 17.8 Å². The van der Waals surface area contributed by atoms with Crippen LogP contribution in [0.3, 0.4) is 0 Å². The van der Waals surface area contributed by atoms with E-state index in [1.54, 1.807) is 33.0 Å². The number of hydrogen-bond acceptors (Lipinski definition) is 3. The summed E-state index contributed by atoms with van der Waals surface area (Å²) in [5.74, 6) is 0.289. The highest BCUT2D eigenvalue weighted by Crippen LogP contribution is 2.33. The minimum Gasteiger partial charge on any atom is -0.347 e. The number of amides is 3. The smallest absolute Gasteiger partial charge is 0.248 e. The Balaban J connectivity index is 0.00000283. The van der Waals surface area contributed by atoms with Gasteiger partial charge in [0.2, 0.25) is 17.7 Å². The predicted octanol–water partition coefficient (Wildman–Crippen LogP) is 5.29. The summed E-state index contributed by atoms with van der Waals surface area (Å²) in [6.07, 6.45) is 2.50. The minimum absolute atomic E-state index is 0.0750. The summed E-state index contributed by atoms with van der Waals surface area (Å²) in [5, 5.41) is 2.85. The number of likely N-dealkylation sites (N-methyl/N-ethyl adjacent to an activating group) is 2. The number of nitrogens with zero attached hydrogens (tertiary/aromatic N) is 2. The van der Waals surface area contributed by atoms with Crippen molar-refractivity contribution in [2.24, 2.45) is 17.8 Å². The Labute approximate surface area is 220 Å². The topological polar surface area (TPSA) is 69.7 Å². The molecular formula is C30H51N3O3. The fourth-order valence-electron chi connectivity index (χ4n) is 4.10. The molecule has 0 aromatic heterocycles. The highest BCUT2D eigenvalue weighted by atomic mass is 16.2. The van der Waals surface area contributed by atoms with Crippen LogP contribution in [-0.4, -0.2) is 61.3 Å². The van der Waals surface area contributed by atoms with Gasteiger partial charge in [0.1, 0.15) is 0 Å². The molecule has 6 nitrogen and oxygen atoms in total. The van der Waals surface area contributed by atoms with Gasteiger partial charge in [0.05, 0.1) is 12.6 Å². The summed E-state index contributed by atoms with van der Waals surface area (Å²) in [4.78, 5) is 41.3. The van der Waals surface area contributed by atoms with Crippen LogP contribution in [0.25, 0.3) is 0 Å². The van der Waals surface area contributed by atoms with E-state index in [1.165, 1.54) is 4.90 Å². The molecule has 0 aliphatic heterocycles. The fourth-order valence-corrected chi connectivity index (χ4v) is 4.10. The molecule has 0 aliphatic rings. The number of carbonyl (C=O) groups is 3. The third kappa shape index (κ3) is 10.5. The number of nitrogens with one attached hydrogen (secondary N) is 1. The van der Waals surface area contributed by atoms with Gasteiger partial charge in [-0.1, -0.05) is 91.8 Å². The summed E-state index contributed by atoms with van der Waals surface area (Å²) in [6, 6.07) is 9.73. The first-order valence-corrected chi connectivity index (χ1v) is 13.1. The molecule has 204 valence electrons. The second-order valence-electron chi connectivity index (χ2n) is 11.3. The zero-order chi connectivity index (χ0) is 28.2. The van der Waals surface area contributed by atoms with Crippen molar-refractivity contribution in [2.45, 2.75) is 80.2 Å². The molecule has 36 heavy (non-hydrogen) atoms. The van der Waals surface area contributed by atoms with Crippen molar-refractivity contribution < 1.29 is 14.4 Å². The summed E-state index contributed by atoms with van der Waals surface area (Å²) >= 11 is 0. The first-order chi connectivity index (χ1) is 16.6. The number of hydrogen-bond donors (Lipinski definition) is 1. The SMILES string of the molecule is CC(C)C.CC[C@H](C(=O)NCC(=O)N(C)[C@H](/C=C(\C)C(=O)N(C)C)C(C)C)C(C)(C)c1ccccc1. The lowest BCUT2D eigenvalue weighted by Gasteiger charge is -2.34. The number of carbonyl (C=O) groups excluding carboxylic acids is 3. The molecule has 0 saturated heterocycles. The minimum atomic E-state index is -0.359. The molecule has 6 heteroatoms. The van der Waals surface area contributed by atoms with E-state index in [2.05, 4.69) is 39.9 Å². The van der Waals surface area contributed by atoms with E-state index in [1.807, 2.05) is 57.2 Å². The maximum atomic E-state index is 13.0. The van der Waals surface area contributed by atoms with Crippen molar-refractivity contribution in [3.8, 4) is 0 Å². The average Bonchev–Trinajstić information content (AvgIpc) is 2.80. The second kappa shape index (κ2) is 15.5. The van der Waals surface area contributed by atoms with Crippen LogP contribution in [0.4, 0.5) is 0 Å². The van der Waals surface area contributed by atoms with Crippen LogP contribution in [-0.2, 0) is 19.8 Å². The monoisotopic (exact) mass is 501 g/mol. The van der Waals surface area contributed by atoms with Gasteiger partial charge in [0, 0.05) is 38.0 Å². The zero-order valence-electron chi connectivity index (χ0n) is 24.8. The Morgan fingerprint density at radius 1 is 0.972 bits per heavy atom. The largest absolute Gasteiger partial charge is 0.347 e. The van der Waals surface area contributed by atoms with E-state index in [9.17, 15) is 14.4 Å². The summed E-state index contributed by atoms with van der Waals surface area (Å²) in [6.45, 7) is 18.3. The quantitative estimate of drug-likeness (QED) is 0.443.